The first kappa shape index (κ1) is 34.0. The lowest BCUT2D eigenvalue weighted by molar-refractivity contribution is 0.792. The van der Waals surface area contributed by atoms with Crippen LogP contribution in [0.1, 0.15) is 22.3 Å². The molecule has 0 amide bonds. The number of aromatic nitrogens is 1. The van der Waals surface area contributed by atoms with Gasteiger partial charge >= 0.3 is 0 Å². The molecule has 0 atom stereocenters. The minimum Gasteiger partial charge on any atom is -0.310 e. The number of benzene rings is 10. The second-order valence-electron chi connectivity index (χ2n) is 16.4. The van der Waals surface area contributed by atoms with Gasteiger partial charge in [0.05, 0.1) is 22.1 Å². The van der Waals surface area contributed by atoms with Crippen LogP contribution in [0.15, 0.2) is 231 Å². The highest BCUT2D eigenvalue weighted by molar-refractivity contribution is 6.10. The van der Waals surface area contributed by atoms with Gasteiger partial charge in [-0.15, -0.1) is 0 Å². The van der Waals surface area contributed by atoms with Crippen molar-refractivity contribution in [3.63, 3.8) is 0 Å². The van der Waals surface area contributed by atoms with E-state index in [1.165, 1.54) is 93.9 Å². The number of nitrogens with zero attached hydrogens (tertiary/aromatic N) is 2. The van der Waals surface area contributed by atoms with Crippen LogP contribution in [-0.2, 0) is 5.41 Å². The third kappa shape index (κ3) is 4.73. The summed E-state index contributed by atoms with van der Waals surface area (Å²) in [5, 5.41) is 4.97. The highest BCUT2D eigenvalue weighted by atomic mass is 15.1. The fraction of sp³-hybridized carbons (Fsp3) is 0.0169. The molecule has 0 radical (unpaired) electrons. The van der Waals surface area contributed by atoms with Crippen LogP contribution in [0.5, 0.6) is 0 Å². The first-order chi connectivity index (χ1) is 30.3. The molecular weight excluding hydrogens is 737 g/mol. The molecule has 0 bridgehead atoms. The monoisotopic (exact) mass is 774 g/mol. The summed E-state index contributed by atoms with van der Waals surface area (Å²) >= 11 is 0. The van der Waals surface area contributed by atoms with Gasteiger partial charge < -0.3 is 9.47 Å². The van der Waals surface area contributed by atoms with Crippen molar-refractivity contribution in [3.05, 3.63) is 253 Å². The van der Waals surface area contributed by atoms with Crippen LogP contribution in [-0.4, -0.2) is 4.57 Å². The molecule has 0 unspecified atom stereocenters. The molecule has 2 heteroatoms. The van der Waals surface area contributed by atoms with E-state index in [1.54, 1.807) is 0 Å². The van der Waals surface area contributed by atoms with E-state index in [9.17, 15) is 0 Å². The van der Waals surface area contributed by atoms with Crippen molar-refractivity contribution in [3.8, 4) is 39.1 Å². The quantitative estimate of drug-likeness (QED) is 0.169. The summed E-state index contributed by atoms with van der Waals surface area (Å²) in [6.07, 6.45) is 0. The first-order valence-electron chi connectivity index (χ1n) is 21.2. The van der Waals surface area contributed by atoms with Crippen LogP contribution in [0.3, 0.4) is 0 Å². The highest BCUT2D eigenvalue weighted by Crippen LogP contribution is 2.64. The molecule has 0 saturated heterocycles. The molecule has 1 spiro atoms. The SMILES string of the molecule is c1ccc(-c2ccc(N(c3ccccc3)c3ccc4c(c3)C3(c5ccccc5-c5ccccc53)c3cc(-n5c6ccccc6c6ccccc65)ccc3-4)c3ccccc23)cc1. The second-order valence-corrected chi connectivity index (χ2v) is 16.4. The summed E-state index contributed by atoms with van der Waals surface area (Å²) in [4.78, 5) is 2.46. The van der Waals surface area contributed by atoms with Gasteiger partial charge in [-0.05, 0) is 116 Å². The predicted molar refractivity (Wildman–Crippen MR) is 255 cm³/mol. The van der Waals surface area contributed by atoms with E-state index in [0.29, 0.717) is 0 Å². The Morgan fingerprint density at radius 2 is 0.803 bits per heavy atom. The third-order valence-corrected chi connectivity index (χ3v) is 13.4. The van der Waals surface area contributed by atoms with Gasteiger partial charge in [0.25, 0.3) is 0 Å². The number of anilines is 3. The third-order valence-electron chi connectivity index (χ3n) is 13.4. The molecule has 2 nitrogen and oxygen atoms in total. The van der Waals surface area contributed by atoms with Crippen molar-refractivity contribution in [1.82, 2.24) is 4.57 Å². The van der Waals surface area contributed by atoms with E-state index >= 15 is 0 Å². The van der Waals surface area contributed by atoms with Crippen LogP contribution in [0, 0.1) is 0 Å². The Hall–Kier alpha value is -7.94. The lowest BCUT2D eigenvalue weighted by atomic mass is 9.70. The van der Waals surface area contributed by atoms with Gasteiger partial charge in [-0.3, -0.25) is 0 Å². The fourth-order valence-corrected chi connectivity index (χ4v) is 10.9. The van der Waals surface area contributed by atoms with Crippen molar-refractivity contribution in [2.75, 3.05) is 4.90 Å². The first-order valence-corrected chi connectivity index (χ1v) is 21.2. The molecule has 2 aliphatic rings. The molecule has 61 heavy (non-hydrogen) atoms. The molecule has 13 rings (SSSR count). The molecular formula is C59H38N2. The molecule has 10 aromatic carbocycles. The average Bonchev–Trinajstić information content (AvgIpc) is 3.94. The van der Waals surface area contributed by atoms with Gasteiger partial charge in [0, 0.05) is 33.2 Å². The smallest absolute Gasteiger partial charge is 0.0727 e. The Morgan fingerprint density at radius 3 is 1.48 bits per heavy atom. The van der Waals surface area contributed by atoms with Crippen molar-refractivity contribution >= 4 is 49.6 Å². The van der Waals surface area contributed by atoms with Gasteiger partial charge in [-0.1, -0.05) is 176 Å². The minimum atomic E-state index is -0.537. The van der Waals surface area contributed by atoms with E-state index in [4.69, 9.17) is 0 Å². The number of fused-ring (bicyclic) bond motifs is 14. The molecule has 11 aromatic rings. The number of hydrogen-bond donors (Lipinski definition) is 0. The lowest BCUT2D eigenvalue weighted by Gasteiger charge is -2.33. The normalized spacial score (nSPS) is 13.0. The summed E-state index contributed by atoms with van der Waals surface area (Å²) in [5.74, 6) is 0. The summed E-state index contributed by atoms with van der Waals surface area (Å²) in [7, 11) is 0. The van der Waals surface area contributed by atoms with E-state index in [-0.39, 0.29) is 0 Å². The zero-order chi connectivity index (χ0) is 40.1. The fourth-order valence-electron chi connectivity index (χ4n) is 10.9. The second kappa shape index (κ2) is 13.0. The Kier molecular flexibility index (Phi) is 7.26. The Morgan fingerprint density at radius 1 is 0.311 bits per heavy atom. The van der Waals surface area contributed by atoms with Gasteiger partial charge in [-0.25, -0.2) is 0 Å². The molecule has 0 N–H and O–H groups in total. The number of rotatable bonds is 5. The molecule has 2 aliphatic carbocycles. The van der Waals surface area contributed by atoms with Crippen molar-refractivity contribution in [1.29, 1.82) is 0 Å². The zero-order valence-electron chi connectivity index (χ0n) is 33.3. The maximum absolute atomic E-state index is 2.50. The molecule has 1 heterocycles. The van der Waals surface area contributed by atoms with Crippen molar-refractivity contribution < 1.29 is 0 Å². The van der Waals surface area contributed by atoms with Gasteiger partial charge in [0.15, 0.2) is 0 Å². The van der Waals surface area contributed by atoms with E-state index in [0.717, 1.165) is 17.1 Å². The molecule has 1 aromatic heterocycles. The van der Waals surface area contributed by atoms with E-state index in [2.05, 4.69) is 240 Å². The summed E-state index contributed by atoms with van der Waals surface area (Å²) in [6, 6.07) is 85.4. The van der Waals surface area contributed by atoms with Crippen LogP contribution >= 0.6 is 0 Å². The minimum absolute atomic E-state index is 0.537. The lowest BCUT2D eigenvalue weighted by Crippen LogP contribution is -2.26. The maximum Gasteiger partial charge on any atom is 0.0727 e. The maximum atomic E-state index is 2.50. The summed E-state index contributed by atoms with van der Waals surface area (Å²) in [6.45, 7) is 0. The van der Waals surface area contributed by atoms with Crippen LogP contribution in [0.25, 0.3) is 71.6 Å². The van der Waals surface area contributed by atoms with Gasteiger partial charge in [-0.2, -0.15) is 0 Å². The standard InChI is InChI=1S/C59H38N2/c1-3-17-39(18-4-1)43-35-36-58(49-24-8-7-21-44(43)49)60(40-19-5-2-6-20-40)41-31-33-47-48-34-32-42(61-56-29-15-11-25-50(56)51-26-12-16-30-57(51)61)38-55(48)59(54(47)37-41)52-27-13-9-22-45(52)46-23-10-14-28-53(46)59/h1-38H. The van der Waals surface area contributed by atoms with E-state index < -0.39 is 5.41 Å². The number of para-hydroxylation sites is 3. The van der Waals surface area contributed by atoms with Crippen molar-refractivity contribution in [2.24, 2.45) is 0 Å². The largest absolute Gasteiger partial charge is 0.310 e. The average molecular weight is 775 g/mol. The zero-order valence-corrected chi connectivity index (χ0v) is 33.3. The molecule has 0 saturated carbocycles. The van der Waals surface area contributed by atoms with Gasteiger partial charge in [0.2, 0.25) is 0 Å². The Balaban J connectivity index is 1.09. The van der Waals surface area contributed by atoms with Gasteiger partial charge in [0.1, 0.15) is 0 Å². The summed E-state index contributed by atoms with van der Waals surface area (Å²) in [5.41, 5.74) is 19.3. The van der Waals surface area contributed by atoms with Crippen LogP contribution in [0.4, 0.5) is 17.1 Å². The predicted octanol–water partition coefficient (Wildman–Crippen LogP) is 15.4. The van der Waals surface area contributed by atoms with Crippen LogP contribution < -0.4 is 4.90 Å². The molecule has 0 aliphatic heterocycles. The Bertz CT molecular complexity index is 3440. The highest BCUT2D eigenvalue weighted by Gasteiger charge is 2.52. The Labute approximate surface area is 354 Å². The molecule has 284 valence electrons. The van der Waals surface area contributed by atoms with Crippen molar-refractivity contribution in [2.45, 2.75) is 5.41 Å². The molecule has 0 fully saturated rings. The van der Waals surface area contributed by atoms with E-state index in [1.807, 2.05) is 0 Å². The topological polar surface area (TPSA) is 8.17 Å². The summed E-state index contributed by atoms with van der Waals surface area (Å²) < 4.78 is 2.46. The van der Waals surface area contributed by atoms with Crippen LogP contribution in [0.2, 0.25) is 0 Å². The number of hydrogen-bond acceptors (Lipinski definition) is 1.